The first-order valence-corrected chi connectivity index (χ1v) is 9.90. The highest BCUT2D eigenvalue weighted by Crippen LogP contribution is 2.32. The minimum atomic E-state index is -3.70. The van der Waals surface area contributed by atoms with Crippen LogP contribution in [0.15, 0.2) is 58.5 Å². The summed E-state index contributed by atoms with van der Waals surface area (Å²) < 4.78 is 38.1. The smallest absolute Gasteiger partial charge is 0.307 e. The summed E-state index contributed by atoms with van der Waals surface area (Å²) in [5.41, 5.74) is 1.67. The van der Waals surface area contributed by atoms with Crippen molar-refractivity contribution in [2.24, 2.45) is 0 Å². The number of benzene rings is 2. The van der Waals surface area contributed by atoms with E-state index in [0.29, 0.717) is 23.2 Å². The molecular formula is C20H21NO5S. The zero-order valence-corrected chi connectivity index (χ0v) is 16.2. The first kappa shape index (κ1) is 19.0. The molecule has 142 valence electrons. The van der Waals surface area contributed by atoms with Crippen LogP contribution in [0, 0.1) is 6.92 Å². The second-order valence-electron chi connectivity index (χ2n) is 6.21. The summed E-state index contributed by atoms with van der Waals surface area (Å²) in [6.07, 6.45) is 1.71. The molecule has 2 aromatic carbocycles. The fourth-order valence-electron chi connectivity index (χ4n) is 2.92. The van der Waals surface area contributed by atoms with E-state index in [2.05, 4.69) is 4.74 Å². The van der Waals surface area contributed by atoms with Crippen molar-refractivity contribution in [2.75, 3.05) is 14.2 Å². The van der Waals surface area contributed by atoms with Gasteiger partial charge in [-0.25, -0.2) is 8.42 Å². The van der Waals surface area contributed by atoms with E-state index in [1.54, 1.807) is 60.3 Å². The van der Waals surface area contributed by atoms with Crippen molar-refractivity contribution < 1.29 is 22.7 Å². The van der Waals surface area contributed by atoms with Crippen molar-refractivity contribution in [2.45, 2.75) is 29.7 Å². The Morgan fingerprint density at radius 2 is 1.78 bits per heavy atom. The molecule has 0 saturated carbocycles. The Hall–Kier alpha value is -2.80. The Balaban J connectivity index is 2.15. The molecule has 0 radical (unpaired) electrons. The molecule has 0 aliphatic heterocycles. The van der Waals surface area contributed by atoms with Gasteiger partial charge in [0.25, 0.3) is 0 Å². The molecule has 0 spiro atoms. The van der Waals surface area contributed by atoms with Crippen LogP contribution in [0.1, 0.15) is 12.0 Å². The lowest BCUT2D eigenvalue weighted by Crippen LogP contribution is -2.06. The first-order chi connectivity index (χ1) is 12.9. The summed E-state index contributed by atoms with van der Waals surface area (Å²) in [6, 6.07) is 12.0. The summed E-state index contributed by atoms with van der Waals surface area (Å²) in [6.45, 7) is 2.21. The number of rotatable bonds is 6. The number of carbonyl (C=O) groups is 1. The van der Waals surface area contributed by atoms with Crippen molar-refractivity contribution in [1.82, 2.24) is 4.57 Å². The minimum absolute atomic E-state index is 0.140. The molecule has 3 rings (SSSR count). The number of ether oxygens (including phenoxy) is 2. The summed E-state index contributed by atoms with van der Waals surface area (Å²) in [5, 5.41) is 0.584. The Labute approximate surface area is 158 Å². The quantitative estimate of drug-likeness (QED) is 0.607. The van der Waals surface area contributed by atoms with E-state index in [9.17, 15) is 13.2 Å². The fourth-order valence-corrected chi connectivity index (χ4v) is 4.40. The predicted octanol–water partition coefficient (Wildman–Crippen LogP) is 3.35. The highest BCUT2D eigenvalue weighted by Gasteiger charge is 2.24. The van der Waals surface area contributed by atoms with E-state index >= 15 is 0 Å². The maximum absolute atomic E-state index is 13.2. The zero-order chi connectivity index (χ0) is 19.6. The molecule has 0 N–H and O–H groups in total. The summed E-state index contributed by atoms with van der Waals surface area (Å²) in [7, 11) is -0.829. The van der Waals surface area contributed by atoms with Gasteiger partial charge in [-0.3, -0.25) is 4.79 Å². The second-order valence-corrected chi connectivity index (χ2v) is 8.13. The van der Waals surface area contributed by atoms with E-state index in [-0.39, 0.29) is 22.2 Å². The third-order valence-electron chi connectivity index (χ3n) is 4.46. The number of hydrogen-bond donors (Lipinski definition) is 0. The average Bonchev–Trinajstić information content (AvgIpc) is 3.05. The second kappa shape index (κ2) is 7.44. The number of esters is 1. The molecule has 0 aliphatic carbocycles. The van der Waals surface area contributed by atoms with Gasteiger partial charge in [0, 0.05) is 24.2 Å². The lowest BCUT2D eigenvalue weighted by atomic mass is 10.2. The lowest BCUT2D eigenvalue weighted by Gasteiger charge is -2.05. The molecule has 1 aromatic heterocycles. The van der Waals surface area contributed by atoms with Crippen LogP contribution in [-0.4, -0.2) is 33.2 Å². The lowest BCUT2D eigenvalue weighted by molar-refractivity contribution is -0.140. The maximum atomic E-state index is 13.2. The van der Waals surface area contributed by atoms with Crippen LogP contribution in [-0.2, 0) is 25.9 Å². The molecule has 0 bridgehead atoms. The molecule has 27 heavy (non-hydrogen) atoms. The Bertz CT molecular complexity index is 1080. The summed E-state index contributed by atoms with van der Waals surface area (Å²) in [4.78, 5) is 12.0. The molecule has 0 saturated heterocycles. The van der Waals surface area contributed by atoms with Gasteiger partial charge in [-0.1, -0.05) is 17.7 Å². The van der Waals surface area contributed by atoms with Gasteiger partial charge in [0.05, 0.1) is 35.9 Å². The predicted molar refractivity (Wildman–Crippen MR) is 102 cm³/mol. The van der Waals surface area contributed by atoms with Crippen LogP contribution in [0.2, 0.25) is 0 Å². The number of methoxy groups -OCH3 is 2. The third kappa shape index (κ3) is 3.68. The highest BCUT2D eigenvalue weighted by molar-refractivity contribution is 7.91. The Morgan fingerprint density at radius 3 is 2.41 bits per heavy atom. The van der Waals surface area contributed by atoms with Crippen molar-refractivity contribution in [3.8, 4) is 5.75 Å². The maximum Gasteiger partial charge on any atom is 0.307 e. The topological polar surface area (TPSA) is 74.6 Å². The SMILES string of the molecule is COC(=O)CCn1cc(S(=O)(=O)c2ccc(C)cc2)c2ccc(OC)cc21. The van der Waals surface area contributed by atoms with Gasteiger partial charge in [-0.05, 0) is 31.2 Å². The molecule has 0 atom stereocenters. The molecule has 0 aliphatic rings. The van der Waals surface area contributed by atoms with Gasteiger partial charge >= 0.3 is 5.97 Å². The molecule has 0 amide bonds. The summed E-state index contributed by atoms with van der Waals surface area (Å²) in [5.74, 6) is 0.252. The van der Waals surface area contributed by atoms with Gasteiger partial charge in [0.1, 0.15) is 5.75 Å². The van der Waals surface area contributed by atoms with Crippen LogP contribution in [0.25, 0.3) is 10.9 Å². The van der Waals surface area contributed by atoms with Gasteiger partial charge in [-0.15, -0.1) is 0 Å². The van der Waals surface area contributed by atoms with Crippen molar-refractivity contribution in [3.63, 3.8) is 0 Å². The van der Waals surface area contributed by atoms with Gasteiger partial charge < -0.3 is 14.0 Å². The van der Waals surface area contributed by atoms with E-state index < -0.39 is 9.84 Å². The van der Waals surface area contributed by atoms with E-state index in [1.165, 1.54) is 7.11 Å². The van der Waals surface area contributed by atoms with E-state index in [4.69, 9.17) is 4.74 Å². The van der Waals surface area contributed by atoms with Crippen LogP contribution >= 0.6 is 0 Å². The monoisotopic (exact) mass is 387 g/mol. The van der Waals surface area contributed by atoms with Crippen molar-refractivity contribution >= 4 is 26.7 Å². The number of carbonyl (C=O) groups excluding carboxylic acids is 1. The van der Waals surface area contributed by atoms with E-state index in [0.717, 1.165) is 5.56 Å². The standard InChI is InChI=1S/C20H21NO5S/c1-14-4-7-16(8-5-14)27(23,24)19-13-21(11-10-20(22)26-3)18-12-15(25-2)6-9-17(18)19/h4-9,12-13H,10-11H2,1-3H3. The summed E-state index contributed by atoms with van der Waals surface area (Å²) >= 11 is 0. The van der Waals surface area contributed by atoms with Crippen molar-refractivity contribution in [1.29, 1.82) is 0 Å². The number of aryl methyl sites for hydroxylation is 2. The fraction of sp³-hybridized carbons (Fsp3) is 0.250. The molecule has 3 aromatic rings. The Kier molecular flexibility index (Phi) is 5.23. The van der Waals surface area contributed by atoms with Crippen LogP contribution in [0.5, 0.6) is 5.75 Å². The Morgan fingerprint density at radius 1 is 1.07 bits per heavy atom. The van der Waals surface area contributed by atoms with Crippen LogP contribution < -0.4 is 4.74 Å². The zero-order valence-electron chi connectivity index (χ0n) is 15.4. The number of sulfone groups is 1. The molecule has 7 heteroatoms. The third-order valence-corrected chi connectivity index (χ3v) is 6.26. The van der Waals surface area contributed by atoms with Crippen LogP contribution in [0.3, 0.4) is 0 Å². The normalized spacial score (nSPS) is 11.5. The number of fused-ring (bicyclic) bond motifs is 1. The molecule has 1 heterocycles. The van der Waals surface area contributed by atoms with E-state index in [1.807, 2.05) is 6.92 Å². The van der Waals surface area contributed by atoms with Crippen molar-refractivity contribution in [3.05, 3.63) is 54.2 Å². The van der Waals surface area contributed by atoms with Gasteiger partial charge in [0.15, 0.2) is 0 Å². The highest BCUT2D eigenvalue weighted by atomic mass is 32.2. The number of nitrogens with zero attached hydrogens (tertiary/aromatic N) is 1. The largest absolute Gasteiger partial charge is 0.497 e. The molecule has 0 unspecified atom stereocenters. The molecular weight excluding hydrogens is 366 g/mol. The molecule has 0 fully saturated rings. The number of hydrogen-bond acceptors (Lipinski definition) is 5. The molecule has 6 nitrogen and oxygen atoms in total. The average molecular weight is 387 g/mol. The minimum Gasteiger partial charge on any atom is -0.497 e. The van der Waals surface area contributed by atoms with Gasteiger partial charge in [0.2, 0.25) is 9.84 Å². The van der Waals surface area contributed by atoms with Gasteiger partial charge in [-0.2, -0.15) is 0 Å². The first-order valence-electron chi connectivity index (χ1n) is 8.42. The number of aromatic nitrogens is 1. The van der Waals surface area contributed by atoms with Crippen LogP contribution in [0.4, 0.5) is 0 Å².